The standard InChI is InChI=1S/C28H25BN4O5/c1-33-15-22(29)26(32-27(33)35)31-25-23(34)11-6-12-24(25)37-14-13-30-28(36)38-16-21-19-9-4-2-7-17(19)18-8-3-5-10-20(18)21/h2-12,15,21,34H,13-14,16H2,1H3,(H,30,36)(H,31,32,35). The maximum absolute atomic E-state index is 12.4. The van der Waals surface area contributed by atoms with Gasteiger partial charge in [0.1, 0.15) is 44.1 Å². The number of aromatic nitrogens is 2. The summed E-state index contributed by atoms with van der Waals surface area (Å²) in [7, 11) is 7.49. The highest BCUT2D eigenvalue weighted by Crippen LogP contribution is 2.44. The Hall–Kier alpha value is -4.73. The van der Waals surface area contributed by atoms with E-state index in [4.69, 9.17) is 17.3 Å². The molecular formula is C28H25BN4O5. The Morgan fingerprint density at radius 1 is 1.05 bits per heavy atom. The highest BCUT2D eigenvalue weighted by Gasteiger charge is 2.29. The summed E-state index contributed by atoms with van der Waals surface area (Å²) >= 11 is 0. The van der Waals surface area contributed by atoms with Crippen LogP contribution in [0.4, 0.5) is 16.3 Å². The van der Waals surface area contributed by atoms with Crippen LogP contribution < -0.4 is 26.5 Å². The van der Waals surface area contributed by atoms with E-state index >= 15 is 0 Å². The molecule has 3 N–H and O–H groups in total. The Morgan fingerprint density at radius 3 is 2.45 bits per heavy atom. The molecule has 0 aliphatic heterocycles. The van der Waals surface area contributed by atoms with Crippen molar-refractivity contribution >= 4 is 30.9 Å². The SMILES string of the molecule is [B]c1cn(C)c(=O)nc1Nc1c(O)cccc1OCCNC(=O)OCC1c2ccccc2-c2ccccc21. The molecule has 1 heterocycles. The van der Waals surface area contributed by atoms with E-state index in [0.717, 1.165) is 22.3 Å². The molecule has 1 aliphatic carbocycles. The van der Waals surface area contributed by atoms with E-state index in [0.29, 0.717) is 5.75 Å². The van der Waals surface area contributed by atoms with Gasteiger partial charge in [-0.3, -0.25) is 0 Å². The number of hydrogen-bond acceptors (Lipinski definition) is 7. The summed E-state index contributed by atoms with van der Waals surface area (Å²) in [6.07, 6.45) is 0.873. The summed E-state index contributed by atoms with van der Waals surface area (Å²) in [6.45, 7) is 0.478. The van der Waals surface area contributed by atoms with Crippen LogP contribution in [0.25, 0.3) is 11.1 Å². The summed E-state index contributed by atoms with van der Waals surface area (Å²) in [5.41, 5.74) is 4.51. The van der Waals surface area contributed by atoms with Crippen LogP contribution in [-0.2, 0) is 11.8 Å². The number of carbonyl (C=O) groups is 1. The van der Waals surface area contributed by atoms with Crippen LogP contribution in [0.15, 0.2) is 77.7 Å². The number of alkyl carbamates (subject to hydrolysis) is 1. The molecule has 0 saturated carbocycles. The summed E-state index contributed by atoms with van der Waals surface area (Å²) < 4.78 is 12.5. The Bertz CT molecular complexity index is 1510. The zero-order valence-corrected chi connectivity index (χ0v) is 20.7. The third-order valence-electron chi connectivity index (χ3n) is 6.34. The second kappa shape index (κ2) is 10.7. The number of rotatable bonds is 8. The van der Waals surface area contributed by atoms with Gasteiger partial charge >= 0.3 is 11.8 Å². The van der Waals surface area contributed by atoms with Crippen molar-refractivity contribution in [3.63, 3.8) is 0 Å². The predicted octanol–water partition coefficient (Wildman–Crippen LogP) is 2.94. The number of hydrogen-bond donors (Lipinski definition) is 3. The predicted molar refractivity (Wildman–Crippen MR) is 145 cm³/mol. The molecule has 10 heteroatoms. The summed E-state index contributed by atoms with van der Waals surface area (Å²) in [6, 6.07) is 21.0. The number of para-hydroxylation sites is 1. The topological polar surface area (TPSA) is 115 Å². The smallest absolute Gasteiger partial charge is 0.407 e. The molecule has 3 aromatic carbocycles. The van der Waals surface area contributed by atoms with Gasteiger partial charge in [-0.15, -0.1) is 0 Å². The fraction of sp³-hybridized carbons (Fsp3) is 0.179. The van der Waals surface area contributed by atoms with Crippen molar-refractivity contribution in [1.82, 2.24) is 14.9 Å². The Morgan fingerprint density at radius 2 is 1.74 bits per heavy atom. The molecule has 1 amide bonds. The van der Waals surface area contributed by atoms with Crippen molar-refractivity contribution in [3.05, 3.63) is 94.5 Å². The van der Waals surface area contributed by atoms with E-state index in [-0.39, 0.29) is 48.4 Å². The second-order valence-electron chi connectivity index (χ2n) is 8.81. The molecule has 1 aliphatic rings. The summed E-state index contributed by atoms with van der Waals surface area (Å²) in [5.74, 6) is 0.243. The normalized spacial score (nSPS) is 11.9. The van der Waals surface area contributed by atoms with E-state index in [1.807, 2.05) is 24.3 Å². The Balaban J connectivity index is 1.16. The van der Waals surface area contributed by atoms with Crippen LogP contribution in [0.5, 0.6) is 11.5 Å². The maximum Gasteiger partial charge on any atom is 0.407 e. The van der Waals surface area contributed by atoms with E-state index in [2.05, 4.69) is 39.9 Å². The Labute approximate surface area is 220 Å². The minimum atomic E-state index is -0.554. The number of nitrogens with zero attached hydrogens (tertiary/aromatic N) is 2. The monoisotopic (exact) mass is 508 g/mol. The number of benzene rings is 3. The number of carbonyl (C=O) groups excluding carboxylic acids is 1. The van der Waals surface area contributed by atoms with E-state index in [9.17, 15) is 14.7 Å². The lowest BCUT2D eigenvalue weighted by Crippen LogP contribution is -2.30. The van der Waals surface area contributed by atoms with Crippen molar-refractivity contribution in [1.29, 1.82) is 0 Å². The molecule has 190 valence electrons. The fourth-order valence-corrected chi connectivity index (χ4v) is 4.51. The lowest BCUT2D eigenvalue weighted by Gasteiger charge is -2.16. The number of fused-ring (bicyclic) bond motifs is 3. The first kappa shape index (κ1) is 24.9. The van der Waals surface area contributed by atoms with Crippen LogP contribution in [0.3, 0.4) is 0 Å². The number of anilines is 2. The van der Waals surface area contributed by atoms with Gasteiger partial charge in [-0.1, -0.05) is 54.6 Å². The number of aryl methyl sites for hydroxylation is 1. The van der Waals surface area contributed by atoms with E-state index in [1.54, 1.807) is 12.1 Å². The molecule has 2 radical (unpaired) electrons. The first-order valence-electron chi connectivity index (χ1n) is 12.1. The van der Waals surface area contributed by atoms with Crippen LogP contribution in [0.1, 0.15) is 17.0 Å². The number of phenolic OH excluding ortho intramolecular Hbond substituents is 1. The molecule has 0 bridgehead atoms. The highest BCUT2D eigenvalue weighted by atomic mass is 16.5. The van der Waals surface area contributed by atoms with Crippen LogP contribution >= 0.6 is 0 Å². The van der Waals surface area contributed by atoms with Gasteiger partial charge in [0.05, 0.1) is 6.54 Å². The zero-order chi connectivity index (χ0) is 26.6. The molecule has 1 aromatic heterocycles. The molecule has 9 nitrogen and oxygen atoms in total. The average molecular weight is 508 g/mol. The largest absolute Gasteiger partial charge is 0.506 e. The minimum absolute atomic E-state index is 0.0267. The van der Waals surface area contributed by atoms with Crippen molar-refractivity contribution in [2.75, 3.05) is 25.1 Å². The number of amides is 1. The molecule has 0 atom stereocenters. The second-order valence-corrected chi connectivity index (χ2v) is 8.81. The third-order valence-corrected chi connectivity index (χ3v) is 6.34. The van der Waals surface area contributed by atoms with Crippen molar-refractivity contribution in [3.8, 4) is 22.6 Å². The highest BCUT2D eigenvalue weighted by molar-refractivity contribution is 6.35. The van der Waals surface area contributed by atoms with Gasteiger partial charge in [-0.25, -0.2) is 9.59 Å². The molecule has 0 unspecified atom stereocenters. The van der Waals surface area contributed by atoms with Crippen LogP contribution in [0.2, 0.25) is 0 Å². The minimum Gasteiger partial charge on any atom is -0.506 e. The van der Waals surface area contributed by atoms with Gasteiger partial charge in [0.15, 0.2) is 0 Å². The lowest BCUT2D eigenvalue weighted by molar-refractivity contribution is 0.141. The molecule has 5 rings (SSSR count). The number of phenols is 1. The van der Waals surface area contributed by atoms with Crippen molar-refractivity contribution < 1.29 is 19.4 Å². The number of ether oxygens (including phenoxy) is 2. The first-order chi connectivity index (χ1) is 18.4. The van der Waals surface area contributed by atoms with Crippen molar-refractivity contribution in [2.45, 2.75) is 5.92 Å². The summed E-state index contributed by atoms with van der Waals surface area (Å²) in [5, 5.41) is 15.9. The van der Waals surface area contributed by atoms with Gasteiger partial charge in [0.25, 0.3) is 0 Å². The first-order valence-corrected chi connectivity index (χ1v) is 12.1. The molecule has 0 spiro atoms. The summed E-state index contributed by atoms with van der Waals surface area (Å²) in [4.78, 5) is 28.2. The molecular weight excluding hydrogens is 483 g/mol. The Kier molecular flexibility index (Phi) is 7.04. The van der Waals surface area contributed by atoms with Gasteiger partial charge < -0.3 is 29.8 Å². The van der Waals surface area contributed by atoms with Gasteiger partial charge in [0, 0.05) is 19.2 Å². The van der Waals surface area contributed by atoms with Crippen LogP contribution in [-0.4, -0.2) is 48.4 Å². The quantitative estimate of drug-likeness (QED) is 0.191. The maximum atomic E-state index is 12.4. The average Bonchev–Trinajstić information content (AvgIpc) is 3.23. The molecule has 0 fully saturated rings. The number of aromatic hydroxyl groups is 1. The van der Waals surface area contributed by atoms with E-state index < -0.39 is 11.8 Å². The molecule has 4 aromatic rings. The lowest BCUT2D eigenvalue weighted by atomic mass is 9.98. The van der Waals surface area contributed by atoms with Crippen LogP contribution in [0, 0.1) is 0 Å². The van der Waals surface area contributed by atoms with E-state index in [1.165, 1.54) is 23.9 Å². The van der Waals surface area contributed by atoms with Crippen molar-refractivity contribution in [2.24, 2.45) is 7.05 Å². The molecule has 0 saturated heterocycles. The van der Waals surface area contributed by atoms with Gasteiger partial charge in [0.2, 0.25) is 0 Å². The van der Waals surface area contributed by atoms with Gasteiger partial charge in [-0.2, -0.15) is 4.98 Å². The zero-order valence-electron chi connectivity index (χ0n) is 20.7. The molecule has 38 heavy (non-hydrogen) atoms. The van der Waals surface area contributed by atoms with Gasteiger partial charge in [-0.05, 0) is 39.8 Å². The third kappa shape index (κ3) is 5.06. The fourth-order valence-electron chi connectivity index (χ4n) is 4.51. The number of nitrogens with one attached hydrogen (secondary N) is 2.